The Balaban J connectivity index is 1.31. The number of rotatable bonds is 5. The largest absolute Gasteiger partial charge is 0.208 e. The van der Waals surface area contributed by atoms with E-state index in [1.807, 2.05) is 97.1 Å². The van der Waals surface area contributed by atoms with Gasteiger partial charge in [0.1, 0.15) is 0 Å². The average molecular weight is 562 g/mol. The minimum atomic E-state index is 0.465. The van der Waals surface area contributed by atoms with Crippen molar-refractivity contribution in [3.8, 4) is 68.6 Å². The third kappa shape index (κ3) is 5.07. The highest BCUT2D eigenvalue weighted by Gasteiger charge is 2.14. The third-order valence-electron chi connectivity index (χ3n) is 7.58. The van der Waals surface area contributed by atoms with Crippen molar-refractivity contribution < 1.29 is 0 Å². The first-order valence-electron chi connectivity index (χ1n) is 14.2. The van der Waals surface area contributed by atoms with Gasteiger partial charge in [-0.3, -0.25) is 0 Å². The SMILES string of the molecule is N#Cc1cc(C#N)cc(-c2ccc(-c3ccc(-c4nc(-c5ccccc5)nc(-c5ccccc5)n4)cc3)c3ccccc23)c1. The molecule has 1 aromatic heterocycles. The Labute approximate surface area is 255 Å². The maximum absolute atomic E-state index is 9.51. The van der Waals surface area contributed by atoms with E-state index in [1.54, 1.807) is 6.07 Å². The van der Waals surface area contributed by atoms with Gasteiger partial charge in [0.05, 0.1) is 23.3 Å². The van der Waals surface area contributed by atoms with Gasteiger partial charge in [-0.1, -0.05) is 121 Å². The molecule has 44 heavy (non-hydrogen) atoms. The minimum absolute atomic E-state index is 0.465. The number of nitrogens with zero attached hydrogens (tertiary/aromatic N) is 5. The van der Waals surface area contributed by atoms with Gasteiger partial charge >= 0.3 is 0 Å². The summed E-state index contributed by atoms with van der Waals surface area (Å²) in [6.07, 6.45) is 0. The monoisotopic (exact) mass is 561 g/mol. The van der Waals surface area contributed by atoms with Crippen molar-refractivity contribution >= 4 is 10.8 Å². The van der Waals surface area contributed by atoms with Crippen LogP contribution in [0.4, 0.5) is 0 Å². The van der Waals surface area contributed by atoms with Gasteiger partial charge in [-0.25, -0.2) is 15.0 Å². The molecule has 204 valence electrons. The molecule has 0 amide bonds. The van der Waals surface area contributed by atoms with E-state index in [2.05, 4.69) is 48.5 Å². The lowest BCUT2D eigenvalue weighted by molar-refractivity contribution is 1.07. The van der Waals surface area contributed by atoms with Crippen LogP contribution in [0, 0.1) is 22.7 Å². The van der Waals surface area contributed by atoms with E-state index < -0.39 is 0 Å². The molecule has 0 aliphatic heterocycles. The summed E-state index contributed by atoms with van der Waals surface area (Å²) in [4.78, 5) is 14.5. The Morgan fingerprint density at radius 2 is 0.750 bits per heavy atom. The standard InChI is InChI=1S/C39H23N5/c40-24-26-21-27(25-41)23-32(22-26)34-20-19-33(35-13-7-8-14-36(34)35)28-15-17-31(18-16-28)39-43-37(29-9-3-1-4-10-29)42-38(44-39)30-11-5-2-6-12-30/h1-23H. The van der Waals surface area contributed by atoms with Gasteiger partial charge in [-0.2, -0.15) is 10.5 Å². The van der Waals surface area contributed by atoms with E-state index in [1.165, 1.54) is 0 Å². The summed E-state index contributed by atoms with van der Waals surface area (Å²) in [5, 5.41) is 21.2. The molecule has 0 spiro atoms. The molecule has 0 aliphatic rings. The molecule has 7 rings (SSSR count). The maximum Gasteiger partial charge on any atom is 0.164 e. The molecule has 0 radical (unpaired) electrons. The summed E-state index contributed by atoms with van der Waals surface area (Å²) in [5.41, 5.74) is 7.64. The zero-order valence-corrected chi connectivity index (χ0v) is 23.5. The number of fused-ring (bicyclic) bond motifs is 1. The van der Waals surface area contributed by atoms with E-state index in [4.69, 9.17) is 15.0 Å². The molecule has 0 N–H and O–H groups in total. The van der Waals surface area contributed by atoms with Gasteiger partial charge in [0.15, 0.2) is 17.5 Å². The fourth-order valence-corrected chi connectivity index (χ4v) is 5.45. The average Bonchev–Trinajstić information content (AvgIpc) is 3.11. The fraction of sp³-hybridized carbons (Fsp3) is 0. The molecule has 6 aromatic carbocycles. The van der Waals surface area contributed by atoms with Crippen molar-refractivity contribution in [2.24, 2.45) is 0 Å². The predicted octanol–water partition coefficient (Wildman–Crippen LogP) is 9.10. The van der Waals surface area contributed by atoms with Crippen LogP contribution in [-0.2, 0) is 0 Å². The predicted molar refractivity (Wildman–Crippen MR) is 174 cm³/mol. The lowest BCUT2D eigenvalue weighted by Gasteiger charge is -2.13. The second-order valence-electron chi connectivity index (χ2n) is 10.3. The highest BCUT2D eigenvalue weighted by molar-refractivity contribution is 6.05. The van der Waals surface area contributed by atoms with Crippen molar-refractivity contribution in [2.75, 3.05) is 0 Å². The maximum atomic E-state index is 9.51. The Morgan fingerprint density at radius 1 is 0.364 bits per heavy atom. The van der Waals surface area contributed by atoms with Gasteiger partial charge in [-0.15, -0.1) is 0 Å². The van der Waals surface area contributed by atoms with Crippen molar-refractivity contribution in [3.05, 3.63) is 151 Å². The van der Waals surface area contributed by atoms with Crippen molar-refractivity contribution in [1.82, 2.24) is 15.0 Å². The molecule has 0 fully saturated rings. The van der Waals surface area contributed by atoms with Crippen LogP contribution in [0.3, 0.4) is 0 Å². The smallest absolute Gasteiger partial charge is 0.164 e. The molecule has 0 bridgehead atoms. The minimum Gasteiger partial charge on any atom is -0.208 e. The Bertz CT molecular complexity index is 2140. The summed E-state index contributed by atoms with van der Waals surface area (Å²) in [6, 6.07) is 50.2. The van der Waals surface area contributed by atoms with Crippen molar-refractivity contribution in [3.63, 3.8) is 0 Å². The summed E-state index contributed by atoms with van der Waals surface area (Å²) in [7, 11) is 0. The lowest BCUT2D eigenvalue weighted by Crippen LogP contribution is -2.00. The first kappa shape index (κ1) is 26.5. The first-order chi connectivity index (χ1) is 21.7. The van der Waals surface area contributed by atoms with Gasteiger partial charge in [0.25, 0.3) is 0 Å². The zero-order chi connectivity index (χ0) is 29.9. The summed E-state index contributed by atoms with van der Waals surface area (Å²) < 4.78 is 0. The van der Waals surface area contributed by atoms with Crippen LogP contribution in [0.15, 0.2) is 140 Å². The molecule has 5 nitrogen and oxygen atoms in total. The fourth-order valence-electron chi connectivity index (χ4n) is 5.45. The van der Waals surface area contributed by atoms with Crippen LogP contribution in [0.5, 0.6) is 0 Å². The number of benzene rings is 6. The van der Waals surface area contributed by atoms with Crippen molar-refractivity contribution in [1.29, 1.82) is 10.5 Å². The second-order valence-corrected chi connectivity index (χ2v) is 10.3. The molecule has 7 aromatic rings. The normalized spacial score (nSPS) is 10.7. The van der Waals surface area contributed by atoms with Gasteiger partial charge < -0.3 is 0 Å². The van der Waals surface area contributed by atoms with Crippen LogP contribution in [0.1, 0.15) is 11.1 Å². The van der Waals surface area contributed by atoms with Gasteiger partial charge in [-0.05, 0) is 51.2 Å². The van der Waals surface area contributed by atoms with Gasteiger partial charge in [0, 0.05) is 16.7 Å². The van der Waals surface area contributed by atoms with E-state index in [0.717, 1.165) is 49.7 Å². The second kappa shape index (κ2) is 11.4. The van der Waals surface area contributed by atoms with Crippen LogP contribution < -0.4 is 0 Å². The summed E-state index contributed by atoms with van der Waals surface area (Å²) in [6.45, 7) is 0. The van der Waals surface area contributed by atoms with E-state index in [0.29, 0.717) is 28.6 Å². The quantitative estimate of drug-likeness (QED) is 0.209. The van der Waals surface area contributed by atoms with Gasteiger partial charge in [0.2, 0.25) is 0 Å². The number of aromatic nitrogens is 3. The Morgan fingerprint density at radius 3 is 1.20 bits per heavy atom. The summed E-state index contributed by atoms with van der Waals surface area (Å²) in [5.74, 6) is 1.86. The highest BCUT2D eigenvalue weighted by atomic mass is 15.0. The van der Waals surface area contributed by atoms with Crippen LogP contribution in [-0.4, -0.2) is 15.0 Å². The lowest BCUT2D eigenvalue weighted by atomic mass is 9.91. The summed E-state index contributed by atoms with van der Waals surface area (Å²) >= 11 is 0. The van der Waals surface area contributed by atoms with E-state index in [9.17, 15) is 10.5 Å². The number of hydrogen-bond donors (Lipinski definition) is 0. The Kier molecular flexibility index (Phi) is 6.89. The van der Waals surface area contributed by atoms with Crippen LogP contribution in [0.25, 0.3) is 67.2 Å². The van der Waals surface area contributed by atoms with E-state index in [-0.39, 0.29) is 0 Å². The first-order valence-corrected chi connectivity index (χ1v) is 14.2. The molecular weight excluding hydrogens is 538 g/mol. The highest BCUT2D eigenvalue weighted by Crippen LogP contribution is 2.37. The Hall–Kier alpha value is -6.43. The third-order valence-corrected chi connectivity index (χ3v) is 7.58. The van der Waals surface area contributed by atoms with Crippen LogP contribution in [0.2, 0.25) is 0 Å². The molecule has 0 unspecified atom stereocenters. The molecule has 0 aliphatic carbocycles. The molecular formula is C39H23N5. The zero-order valence-electron chi connectivity index (χ0n) is 23.5. The van der Waals surface area contributed by atoms with Crippen molar-refractivity contribution in [2.45, 2.75) is 0 Å². The number of hydrogen-bond acceptors (Lipinski definition) is 5. The molecule has 0 saturated carbocycles. The number of nitriles is 2. The molecule has 5 heteroatoms. The van der Waals surface area contributed by atoms with Crippen LogP contribution >= 0.6 is 0 Å². The molecule has 1 heterocycles. The topological polar surface area (TPSA) is 86.2 Å². The molecule has 0 saturated heterocycles. The molecule has 0 atom stereocenters. The van der Waals surface area contributed by atoms with E-state index >= 15 is 0 Å².